The molecule has 0 aliphatic carbocycles. The summed E-state index contributed by atoms with van der Waals surface area (Å²) in [6.07, 6.45) is 0.993. The molecule has 2 aliphatic rings. The summed E-state index contributed by atoms with van der Waals surface area (Å²) in [6.45, 7) is 1.83. The number of nitrogens with zero attached hydrogens (tertiary/aromatic N) is 2. The third-order valence-corrected chi connectivity index (χ3v) is 4.84. The molecule has 2 aliphatic heterocycles. The quantitative estimate of drug-likeness (QED) is 0.875. The van der Waals surface area contributed by atoms with E-state index >= 15 is 0 Å². The summed E-state index contributed by atoms with van der Waals surface area (Å²) < 4.78 is 15.1. The second kappa shape index (κ2) is 5.78. The molecule has 4 rings (SSSR count). The van der Waals surface area contributed by atoms with Crippen LogP contribution in [-0.4, -0.2) is 28.6 Å². The zero-order valence-electron chi connectivity index (χ0n) is 13.1. The summed E-state index contributed by atoms with van der Waals surface area (Å²) >= 11 is 0. The number of hydrogen-bond acceptors (Lipinski definition) is 2. The lowest BCUT2D eigenvalue weighted by atomic mass is 9.83. The van der Waals surface area contributed by atoms with Gasteiger partial charge < -0.3 is 14.8 Å². The Morgan fingerprint density at radius 1 is 1.12 bits per heavy atom. The first-order chi connectivity index (χ1) is 11.6. The first-order valence-corrected chi connectivity index (χ1v) is 8.11. The van der Waals surface area contributed by atoms with Gasteiger partial charge in [0.05, 0.1) is 0 Å². The number of carbonyl (C=O) groups excluding carboxylic acids is 1. The Morgan fingerprint density at radius 3 is 2.79 bits per heavy atom. The highest BCUT2D eigenvalue weighted by atomic mass is 19.1. The van der Waals surface area contributed by atoms with E-state index in [1.807, 2.05) is 10.6 Å². The van der Waals surface area contributed by atoms with Crippen molar-refractivity contribution in [1.82, 2.24) is 9.47 Å². The summed E-state index contributed by atoms with van der Waals surface area (Å²) in [5.74, 6) is 0.0656. The van der Waals surface area contributed by atoms with Crippen LogP contribution in [0, 0.1) is 11.7 Å². The number of benzene rings is 1. The van der Waals surface area contributed by atoms with Crippen LogP contribution in [0.2, 0.25) is 0 Å². The number of nitrogens with one attached hydrogen (secondary N) is 1. The number of urea groups is 1. The molecular formula is C18H18FN3O2. The molecule has 1 saturated heterocycles. The van der Waals surface area contributed by atoms with Gasteiger partial charge in [-0.1, -0.05) is 12.1 Å². The van der Waals surface area contributed by atoms with Crippen molar-refractivity contribution in [3.8, 4) is 0 Å². The number of aromatic nitrogens is 1. The molecule has 1 aromatic carbocycles. The molecule has 0 spiro atoms. The normalized spacial score (nSPS) is 22.0. The Hall–Kier alpha value is -2.63. The highest BCUT2D eigenvalue weighted by Crippen LogP contribution is 2.35. The van der Waals surface area contributed by atoms with Crippen molar-refractivity contribution in [1.29, 1.82) is 0 Å². The van der Waals surface area contributed by atoms with Crippen LogP contribution in [0.1, 0.15) is 18.0 Å². The Labute approximate surface area is 138 Å². The van der Waals surface area contributed by atoms with Crippen LogP contribution in [-0.2, 0) is 6.54 Å². The Bertz CT molecular complexity index is 848. The highest BCUT2D eigenvalue weighted by molar-refractivity contribution is 5.89. The minimum Gasteiger partial charge on any atom is -0.324 e. The molecular weight excluding hydrogens is 309 g/mol. The molecule has 1 N–H and O–H groups in total. The predicted octanol–water partition coefficient (Wildman–Crippen LogP) is 2.64. The van der Waals surface area contributed by atoms with Crippen LogP contribution >= 0.6 is 0 Å². The monoisotopic (exact) mass is 327 g/mol. The van der Waals surface area contributed by atoms with Crippen LogP contribution in [0.15, 0.2) is 47.3 Å². The van der Waals surface area contributed by atoms with Gasteiger partial charge in [-0.2, -0.15) is 0 Å². The summed E-state index contributed by atoms with van der Waals surface area (Å²) in [4.78, 5) is 26.3. The van der Waals surface area contributed by atoms with Gasteiger partial charge >= 0.3 is 6.03 Å². The average Bonchev–Trinajstić information content (AvgIpc) is 2.56. The van der Waals surface area contributed by atoms with Crippen molar-refractivity contribution in [2.24, 2.45) is 5.92 Å². The molecule has 2 aromatic rings. The maximum absolute atomic E-state index is 13.3. The second-order valence-electron chi connectivity index (χ2n) is 6.54. The fourth-order valence-electron chi connectivity index (χ4n) is 3.83. The van der Waals surface area contributed by atoms with E-state index in [2.05, 4.69) is 5.32 Å². The first kappa shape index (κ1) is 14.9. The molecule has 5 nitrogen and oxygen atoms in total. The molecule has 3 heterocycles. The smallest absolute Gasteiger partial charge is 0.321 e. The maximum Gasteiger partial charge on any atom is 0.321 e. The van der Waals surface area contributed by atoms with E-state index in [0.717, 1.165) is 12.1 Å². The fraction of sp³-hybridized carbons (Fsp3) is 0.333. The van der Waals surface area contributed by atoms with Crippen LogP contribution in [0.5, 0.6) is 0 Å². The van der Waals surface area contributed by atoms with Gasteiger partial charge in [0.25, 0.3) is 5.56 Å². The van der Waals surface area contributed by atoms with Crippen molar-refractivity contribution >= 4 is 11.7 Å². The van der Waals surface area contributed by atoms with Crippen LogP contribution in [0.3, 0.4) is 0 Å². The average molecular weight is 327 g/mol. The number of likely N-dealkylation sites (tertiary alicyclic amines) is 1. The number of anilines is 1. The zero-order valence-corrected chi connectivity index (χ0v) is 13.1. The molecule has 2 bridgehead atoms. The number of hydrogen-bond donors (Lipinski definition) is 1. The Morgan fingerprint density at radius 2 is 1.96 bits per heavy atom. The van der Waals surface area contributed by atoms with Gasteiger partial charge in [0.15, 0.2) is 0 Å². The first-order valence-electron chi connectivity index (χ1n) is 8.11. The van der Waals surface area contributed by atoms with Crippen molar-refractivity contribution in [3.05, 3.63) is 64.3 Å². The molecule has 0 saturated carbocycles. The van der Waals surface area contributed by atoms with E-state index in [-0.39, 0.29) is 29.2 Å². The Kier molecular flexibility index (Phi) is 3.59. The van der Waals surface area contributed by atoms with E-state index in [4.69, 9.17) is 0 Å². The van der Waals surface area contributed by atoms with Crippen LogP contribution in [0.4, 0.5) is 14.9 Å². The number of rotatable bonds is 1. The summed E-state index contributed by atoms with van der Waals surface area (Å²) in [7, 11) is 0. The third kappa shape index (κ3) is 2.68. The van der Waals surface area contributed by atoms with E-state index in [9.17, 15) is 14.0 Å². The molecule has 1 aromatic heterocycles. The van der Waals surface area contributed by atoms with E-state index in [0.29, 0.717) is 25.3 Å². The maximum atomic E-state index is 13.3. The van der Waals surface area contributed by atoms with Crippen molar-refractivity contribution in [2.75, 3.05) is 18.4 Å². The van der Waals surface area contributed by atoms with Gasteiger partial charge in [-0.15, -0.1) is 0 Å². The standard InChI is InChI=1S/C18H18FN3O2/c19-14-3-1-4-15(8-14)20-18(24)21-9-12-7-13(11-21)16-5-2-6-17(23)22(16)10-12/h1-6,8,12-13H,7,9-11H2,(H,20,24)/t12-,13-/m1/s1. The van der Waals surface area contributed by atoms with Crippen molar-refractivity contribution in [2.45, 2.75) is 18.9 Å². The number of piperidine rings is 1. The zero-order chi connectivity index (χ0) is 16.7. The molecule has 2 atom stereocenters. The van der Waals surface area contributed by atoms with Gasteiger partial charge in [0, 0.05) is 43.0 Å². The summed E-state index contributed by atoms with van der Waals surface area (Å²) in [6, 6.07) is 11.0. The number of pyridine rings is 1. The van der Waals surface area contributed by atoms with E-state index in [1.165, 1.54) is 12.1 Å². The number of fused-ring (bicyclic) bond motifs is 4. The molecule has 24 heavy (non-hydrogen) atoms. The van der Waals surface area contributed by atoms with Crippen molar-refractivity contribution < 1.29 is 9.18 Å². The SMILES string of the molecule is O=C(Nc1cccc(F)c1)N1C[C@H]2C[C@H](C1)c1cccc(=O)n1C2. The largest absolute Gasteiger partial charge is 0.324 e. The minimum absolute atomic E-state index is 0.0277. The number of carbonyl (C=O) groups is 1. The van der Waals surface area contributed by atoms with Gasteiger partial charge in [-0.3, -0.25) is 4.79 Å². The Balaban J connectivity index is 1.53. The molecule has 2 amide bonds. The highest BCUT2D eigenvalue weighted by Gasteiger charge is 2.36. The lowest BCUT2D eigenvalue weighted by molar-refractivity contribution is 0.139. The lowest BCUT2D eigenvalue weighted by Crippen LogP contribution is -2.50. The predicted molar refractivity (Wildman–Crippen MR) is 88.5 cm³/mol. The summed E-state index contributed by atoms with van der Waals surface area (Å²) in [5.41, 5.74) is 1.48. The van der Waals surface area contributed by atoms with Gasteiger partial charge in [-0.25, -0.2) is 9.18 Å². The molecule has 1 fully saturated rings. The van der Waals surface area contributed by atoms with Gasteiger partial charge in [0.1, 0.15) is 5.82 Å². The fourth-order valence-corrected chi connectivity index (χ4v) is 3.83. The van der Waals surface area contributed by atoms with E-state index < -0.39 is 0 Å². The van der Waals surface area contributed by atoms with Crippen LogP contribution < -0.4 is 10.9 Å². The van der Waals surface area contributed by atoms with Gasteiger partial charge in [0.2, 0.25) is 0 Å². The molecule has 0 radical (unpaired) electrons. The van der Waals surface area contributed by atoms with Gasteiger partial charge in [-0.05, 0) is 36.6 Å². The molecule has 124 valence electrons. The summed E-state index contributed by atoms with van der Waals surface area (Å²) in [5, 5.41) is 2.76. The minimum atomic E-state index is -0.378. The lowest BCUT2D eigenvalue weighted by Gasteiger charge is -2.42. The third-order valence-electron chi connectivity index (χ3n) is 4.84. The van der Waals surface area contributed by atoms with Crippen molar-refractivity contribution in [3.63, 3.8) is 0 Å². The molecule has 6 heteroatoms. The number of halogens is 1. The van der Waals surface area contributed by atoms with Crippen LogP contribution in [0.25, 0.3) is 0 Å². The number of amides is 2. The van der Waals surface area contributed by atoms with E-state index in [1.54, 1.807) is 29.2 Å². The topological polar surface area (TPSA) is 54.3 Å². The molecule has 0 unspecified atom stereocenters. The second-order valence-corrected chi connectivity index (χ2v) is 6.54.